The lowest BCUT2D eigenvalue weighted by molar-refractivity contribution is -0.118. The molecule has 0 saturated carbocycles. The van der Waals surface area contributed by atoms with Crippen molar-refractivity contribution in [3.05, 3.63) is 54.0 Å². The number of amides is 1. The Bertz CT molecular complexity index is 765. The van der Waals surface area contributed by atoms with Gasteiger partial charge in [0.2, 0.25) is 0 Å². The summed E-state index contributed by atoms with van der Waals surface area (Å²) in [7, 11) is 0. The number of nitrogens with one attached hydrogen (secondary N) is 1. The van der Waals surface area contributed by atoms with Crippen molar-refractivity contribution < 1.29 is 9.53 Å². The van der Waals surface area contributed by atoms with E-state index >= 15 is 0 Å². The molecular weight excluding hydrogens is 492 g/mol. The molecule has 0 saturated heterocycles. The van der Waals surface area contributed by atoms with E-state index in [0.717, 1.165) is 30.4 Å². The first-order chi connectivity index (χ1) is 10.8. The van der Waals surface area contributed by atoms with Crippen molar-refractivity contribution in [1.29, 1.82) is 0 Å². The maximum Gasteiger partial charge on any atom is 0.262 e. The molecule has 1 N–H and O–H groups in total. The third kappa shape index (κ3) is 4.61. The number of ether oxygens (including phenoxy) is 1. The zero-order chi connectivity index (χ0) is 17.1. The Morgan fingerprint density at radius 3 is 2.61 bits per heavy atom. The van der Waals surface area contributed by atoms with Crippen LogP contribution in [0.3, 0.4) is 0 Å². The Labute approximate surface area is 163 Å². The molecule has 0 unspecified atom stereocenters. The molecule has 1 amide bonds. The molecule has 0 atom stereocenters. The topological polar surface area (TPSA) is 38.3 Å². The number of anilines is 1. The van der Waals surface area contributed by atoms with Crippen LogP contribution < -0.4 is 10.1 Å². The summed E-state index contributed by atoms with van der Waals surface area (Å²) in [4.78, 5) is 12.1. The fourth-order valence-corrected chi connectivity index (χ4v) is 3.44. The number of benzene rings is 2. The van der Waals surface area contributed by atoms with Gasteiger partial charge in [-0.05, 0) is 100 Å². The highest BCUT2D eigenvalue weighted by Gasteiger charge is 2.13. The van der Waals surface area contributed by atoms with E-state index < -0.39 is 0 Å². The number of carbonyl (C=O) groups excluding carboxylic acids is 1. The van der Waals surface area contributed by atoms with Crippen LogP contribution in [0.25, 0.3) is 0 Å². The Balaban J connectivity index is 2.05. The highest BCUT2D eigenvalue weighted by molar-refractivity contribution is 14.1. The summed E-state index contributed by atoms with van der Waals surface area (Å²) >= 11 is 11.9. The average Bonchev–Trinajstić information content (AvgIpc) is 2.50. The molecule has 0 aliphatic carbocycles. The first kappa shape index (κ1) is 18.5. The highest BCUT2D eigenvalue weighted by Crippen LogP contribution is 2.35. The van der Waals surface area contributed by atoms with E-state index in [9.17, 15) is 4.79 Å². The molecule has 0 aliphatic heterocycles. The van der Waals surface area contributed by atoms with Gasteiger partial charge < -0.3 is 10.1 Å². The molecule has 23 heavy (non-hydrogen) atoms. The molecule has 3 nitrogen and oxygen atoms in total. The molecular formula is C17H16BrClINO2. The summed E-state index contributed by atoms with van der Waals surface area (Å²) in [6.45, 7) is 5.70. The van der Waals surface area contributed by atoms with Crippen LogP contribution in [-0.2, 0) is 4.79 Å². The third-order valence-corrected chi connectivity index (χ3v) is 5.63. The number of hydrogen-bond donors (Lipinski definition) is 1. The Morgan fingerprint density at radius 2 is 1.96 bits per heavy atom. The van der Waals surface area contributed by atoms with Gasteiger partial charge in [-0.3, -0.25) is 4.79 Å². The maximum absolute atomic E-state index is 12.1. The summed E-state index contributed by atoms with van der Waals surface area (Å²) in [5, 5.41) is 3.56. The maximum atomic E-state index is 12.1. The van der Waals surface area contributed by atoms with Crippen molar-refractivity contribution in [2.24, 2.45) is 0 Å². The molecule has 0 heterocycles. The second kappa shape index (κ2) is 7.85. The van der Waals surface area contributed by atoms with Crippen LogP contribution in [0.15, 0.2) is 28.7 Å². The van der Waals surface area contributed by atoms with Crippen LogP contribution in [0, 0.1) is 24.3 Å². The molecule has 0 aliphatic rings. The van der Waals surface area contributed by atoms with Gasteiger partial charge in [-0.2, -0.15) is 0 Å². The molecule has 0 bridgehead atoms. The van der Waals surface area contributed by atoms with E-state index in [0.29, 0.717) is 10.8 Å². The van der Waals surface area contributed by atoms with Gasteiger partial charge in [0.05, 0.1) is 4.47 Å². The third-order valence-electron chi connectivity index (χ3n) is 3.39. The van der Waals surface area contributed by atoms with Crippen molar-refractivity contribution in [3.63, 3.8) is 0 Å². The van der Waals surface area contributed by atoms with Crippen molar-refractivity contribution in [2.45, 2.75) is 20.8 Å². The van der Waals surface area contributed by atoms with Crippen LogP contribution >= 0.6 is 50.1 Å². The van der Waals surface area contributed by atoms with E-state index in [1.54, 1.807) is 0 Å². The van der Waals surface area contributed by atoms with E-state index in [1.165, 1.54) is 0 Å². The first-order valence-corrected chi connectivity index (χ1v) is 9.18. The van der Waals surface area contributed by atoms with E-state index in [2.05, 4.69) is 43.8 Å². The summed E-state index contributed by atoms with van der Waals surface area (Å²) in [6, 6.07) is 7.68. The molecule has 0 fully saturated rings. The Kier molecular flexibility index (Phi) is 6.33. The minimum absolute atomic E-state index is 0.0649. The zero-order valence-corrected chi connectivity index (χ0v) is 17.5. The molecule has 2 aromatic carbocycles. The minimum atomic E-state index is -0.202. The molecule has 0 radical (unpaired) electrons. The monoisotopic (exact) mass is 507 g/mol. The number of rotatable bonds is 4. The quantitative estimate of drug-likeness (QED) is 0.542. The lowest BCUT2D eigenvalue weighted by atomic mass is 10.1. The van der Waals surface area contributed by atoms with Crippen molar-refractivity contribution in [1.82, 2.24) is 0 Å². The minimum Gasteiger partial charge on any atom is -0.483 e. The molecule has 2 aromatic rings. The van der Waals surface area contributed by atoms with Crippen molar-refractivity contribution in [2.75, 3.05) is 11.9 Å². The van der Waals surface area contributed by atoms with E-state index in [4.69, 9.17) is 16.3 Å². The smallest absolute Gasteiger partial charge is 0.262 e. The van der Waals surface area contributed by atoms with Gasteiger partial charge in [-0.1, -0.05) is 11.6 Å². The molecule has 6 heteroatoms. The molecule has 0 spiro atoms. The Hall–Kier alpha value is -0.790. The summed E-state index contributed by atoms with van der Waals surface area (Å²) in [5.41, 5.74) is 3.62. The van der Waals surface area contributed by atoms with Gasteiger partial charge in [0.25, 0.3) is 5.91 Å². The van der Waals surface area contributed by atoms with Crippen LogP contribution in [0.4, 0.5) is 5.69 Å². The van der Waals surface area contributed by atoms with Gasteiger partial charge in [-0.15, -0.1) is 0 Å². The van der Waals surface area contributed by atoms with Gasteiger partial charge >= 0.3 is 0 Å². The standard InChI is InChI=1S/C17H16BrClINO2/c1-9-6-12(20)4-5-13(9)21-15(22)8-23-14-7-10(2)17(19)11(3)16(14)18/h4-7H,8H2,1-3H3,(H,21,22). The Morgan fingerprint density at radius 1 is 1.26 bits per heavy atom. The number of halogens is 3. The second-order valence-electron chi connectivity index (χ2n) is 5.24. The summed E-state index contributed by atoms with van der Waals surface area (Å²) < 4.78 is 7.53. The van der Waals surface area contributed by atoms with Gasteiger partial charge in [0, 0.05) is 14.3 Å². The SMILES string of the molecule is Cc1cc(I)ccc1NC(=O)COc1cc(C)c(Cl)c(C)c1Br. The summed E-state index contributed by atoms with van der Waals surface area (Å²) in [5.74, 6) is 0.408. The highest BCUT2D eigenvalue weighted by atomic mass is 127. The van der Waals surface area contributed by atoms with Crippen LogP contribution in [0.5, 0.6) is 5.75 Å². The summed E-state index contributed by atoms with van der Waals surface area (Å²) in [6.07, 6.45) is 0. The average molecular weight is 509 g/mol. The zero-order valence-electron chi connectivity index (χ0n) is 13.0. The van der Waals surface area contributed by atoms with E-state index in [-0.39, 0.29) is 12.5 Å². The lowest BCUT2D eigenvalue weighted by Crippen LogP contribution is -2.21. The van der Waals surface area contributed by atoms with Gasteiger partial charge in [-0.25, -0.2) is 0 Å². The number of hydrogen-bond acceptors (Lipinski definition) is 2. The molecule has 2 rings (SSSR count). The fourth-order valence-electron chi connectivity index (χ4n) is 2.10. The van der Waals surface area contributed by atoms with Gasteiger partial charge in [0.15, 0.2) is 6.61 Å². The van der Waals surface area contributed by atoms with Crippen LogP contribution in [-0.4, -0.2) is 12.5 Å². The predicted molar refractivity (Wildman–Crippen MR) is 107 cm³/mol. The fraction of sp³-hybridized carbons (Fsp3) is 0.235. The molecule has 0 aromatic heterocycles. The van der Waals surface area contributed by atoms with Crippen LogP contribution in [0.1, 0.15) is 16.7 Å². The predicted octanol–water partition coefficient (Wildman–Crippen LogP) is 5.65. The number of aryl methyl sites for hydroxylation is 2. The van der Waals surface area contributed by atoms with Crippen molar-refractivity contribution >= 4 is 61.7 Å². The van der Waals surface area contributed by atoms with E-state index in [1.807, 2.05) is 45.0 Å². The first-order valence-electron chi connectivity index (χ1n) is 6.93. The van der Waals surface area contributed by atoms with Gasteiger partial charge in [0.1, 0.15) is 5.75 Å². The molecule has 122 valence electrons. The largest absolute Gasteiger partial charge is 0.483 e. The van der Waals surface area contributed by atoms with Crippen molar-refractivity contribution in [3.8, 4) is 5.75 Å². The number of carbonyl (C=O) groups is 1. The second-order valence-corrected chi connectivity index (χ2v) is 7.66. The normalized spacial score (nSPS) is 10.5. The van der Waals surface area contributed by atoms with Crippen LogP contribution in [0.2, 0.25) is 5.02 Å². The lowest BCUT2D eigenvalue weighted by Gasteiger charge is -2.14.